The van der Waals surface area contributed by atoms with Crippen LogP contribution in [0.2, 0.25) is 5.02 Å². The maximum Gasteiger partial charge on any atom is 0.349 e. The molecule has 2 aromatic carbocycles. The van der Waals surface area contributed by atoms with E-state index in [4.69, 9.17) is 16.0 Å². The van der Waals surface area contributed by atoms with E-state index >= 15 is 0 Å². The summed E-state index contributed by atoms with van der Waals surface area (Å²) in [6.07, 6.45) is 0. The average Bonchev–Trinajstić information content (AvgIpc) is 2.54. The monoisotopic (exact) mass is 331 g/mol. The summed E-state index contributed by atoms with van der Waals surface area (Å²) in [7, 11) is 0. The summed E-state index contributed by atoms with van der Waals surface area (Å²) in [5.74, 6) is -0.919. The van der Waals surface area contributed by atoms with Gasteiger partial charge in [-0.2, -0.15) is 0 Å². The molecule has 0 fully saturated rings. The van der Waals surface area contributed by atoms with Gasteiger partial charge in [0.2, 0.25) is 0 Å². The molecule has 3 rings (SSSR count). The van der Waals surface area contributed by atoms with Gasteiger partial charge in [0.25, 0.3) is 5.91 Å². The van der Waals surface area contributed by atoms with E-state index in [1.165, 1.54) is 18.2 Å². The van der Waals surface area contributed by atoms with E-state index < -0.39 is 11.5 Å². The molecule has 0 aliphatic rings. The number of fused-ring (bicyclic) bond motifs is 1. The Kier molecular flexibility index (Phi) is 4.12. The van der Waals surface area contributed by atoms with Crippen LogP contribution in [0.25, 0.3) is 11.0 Å². The van der Waals surface area contributed by atoms with Crippen LogP contribution in [-0.4, -0.2) is 5.91 Å². The second-order valence-corrected chi connectivity index (χ2v) is 5.38. The van der Waals surface area contributed by atoms with Gasteiger partial charge in [-0.25, -0.2) is 9.18 Å². The van der Waals surface area contributed by atoms with Gasteiger partial charge < -0.3 is 9.73 Å². The summed E-state index contributed by atoms with van der Waals surface area (Å²) in [4.78, 5) is 24.1. The van der Waals surface area contributed by atoms with E-state index in [0.29, 0.717) is 21.6 Å². The summed E-state index contributed by atoms with van der Waals surface area (Å²) in [6, 6.07) is 11.9. The zero-order valence-corrected chi connectivity index (χ0v) is 12.6. The van der Waals surface area contributed by atoms with Crippen LogP contribution in [0.15, 0.2) is 57.7 Å². The molecule has 0 unspecified atom stereocenters. The Morgan fingerprint density at radius 1 is 1.13 bits per heavy atom. The molecule has 1 heterocycles. The topological polar surface area (TPSA) is 59.3 Å². The van der Waals surface area contributed by atoms with Gasteiger partial charge in [-0.05, 0) is 42.0 Å². The van der Waals surface area contributed by atoms with Gasteiger partial charge in [0.1, 0.15) is 17.0 Å². The zero-order valence-electron chi connectivity index (χ0n) is 11.8. The van der Waals surface area contributed by atoms with Crippen LogP contribution < -0.4 is 10.9 Å². The molecular weight excluding hydrogens is 321 g/mol. The third-order valence-electron chi connectivity index (χ3n) is 3.31. The number of halogens is 2. The molecule has 0 aliphatic carbocycles. The van der Waals surface area contributed by atoms with Crippen molar-refractivity contribution >= 4 is 28.5 Å². The predicted molar refractivity (Wildman–Crippen MR) is 85.1 cm³/mol. The standard InChI is InChI=1S/C17H11ClFNO3/c18-12-3-6-15-11(7-12)8-14(17(22)23-15)16(21)20-9-10-1-4-13(19)5-2-10/h1-8H,9H2,(H,20,21). The van der Waals surface area contributed by atoms with Crippen LogP contribution >= 0.6 is 11.6 Å². The van der Waals surface area contributed by atoms with Crippen molar-refractivity contribution in [2.45, 2.75) is 6.54 Å². The molecule has 116 valence electrons. The van der Waals surface area contributed by atoms with Crippen LogP contribution in [0, 0.1) is 5.82 Å². The van der Waals surface area contributed by atoms with Gasteiger partial charge in [-0.1, -0.05) is 23.7 Å². The molecule has 0 saturated heterocycles. The van der Waals surface area contributed by atoms with E-state index in [1.807, 2.05) is 0 Å². The largest absolute Gasteiger partial charge is 0.422 e. The predicted octanol–water partition coefficient (Wildman–Crippen LogP) is 3.52. The highest BCUT2D eigenvalue weighted by atomic mass is 35.5. The fourth-order valence-corrected chi connectivity index (χ4v) is 2.31. The molecule has 0 aliphatic heterocycles. The normalized spacial score (nSPS) is 10.7. The van der Waals surface area contributed by atoms with Crippen molar-refractivity contribution in [2.24, 2.45) is 0 Å². The number of benzene rings is 2. The van der Waals surface area contributed by atoms with Gasteiger partial charge in [-0.3, -0.25) is 4.79 Å². The zero-order chi connectivity index (χ0) is 16.4. The first kappa shape index (κ1) is 15.2. The van der Waals surface area contributed by atoms with E-state index in [-0.39, 0.29) is 17.9 Å². The van der Waals surface area contributed by atoms with E-state index in [9.17, 15) is 14.0 Å². The average molecular weight is 332 g/mol. The Balaban J connectivity index is 1.84. The van der Waals surface area contributed by atoms with Crippen molar-refractivity contribution in [1.82, 2.24) is 5.32 Å². The van der Waals surface area contributed by atoms with Gasteiger partial charge in [0, 0.05) is 17.0 Å². The van der Waals surface area contributed by atoms with E-state index in [2.05, 4.69) is 5.32 Å². The lowest BCUT2D eigenvalue weighted by molar-refractivity contribution is 0.0947. The Labute approximate surface area is 135 Å². The number of amides is 1. The molecule has 1 aromatic heterocycles. The van der Waals surface area contributed by atoms with Gasteiger partial charge in [0.05, 0.1) is 0 Å². The molecular formula is C17H11ClFNO3. The molecule has 0 saturated carbocycles. The number of rotatable bonds is 3. The third-order valence-corrected chi connectivity index (χ3v) is 3.54. The summed E-state index contributed by atoms with van der Waals surface area (Å²) in [5, 5.41) is 3.64. The molecule has 3 aromatic rings. The lowest BCUT2D eigenvalue weighted by Crippen LogP contribution is -2.27. The van der Waals surface area contributed by atoms with Crippen LogP contribution in [-0.2, 0) is 6.54 Å². The second kappa shape index (κ2) is 6.22. The number of nitrogens with one attached hydrogen (secondary N) is 1. The minimum atomic E-state index is -0.726. The highest BCUT2D eigenvalue weighted by Gasteiger charge is 2.13. The fraction of sp³-hybridized carbons (Fsp3) is 0.0588. The number of carbonyl (C=O) groups excluding carboxylic acids is 1. The Bertz CT molecular complexity index is 935. The van der Waals surface area contributed by atoms with Crippen molar-refractivity contribution in [2.75, 3.05) is 0 Å². The van der Waals surface area contributed by atoms with Gasteiger partial charge >= 0.3 is 5.63 Å². The molecule has 1 N–H and O–H groups in total. The van der Waals surface area contributed by atoms with Crippen LogP contribution in [0.5, 0.6) is 0 Å². The lowest BCUT2D eigenvalue weighted by atomic mass is 10.1. The van der Waals surface area contributed by atoms with Crippen molar-refractivity contribution in [3.63, 3.8) is 0 Å². The highest BCUT2D eigenvalue weighted by Crippen LogP contribution is 2.18. The third kappa shape index (κ3) is 3.40. The summed E-state index contributed by atoms with van der Waals surface area (Å²) in [6.45, 7) is 0.173. The maximum atomic E-state index is 12.8. The highest BCUT2D eigenvalue weighted by molar-refractivity contribution is 6.31. The summed E-state index contributed by atoms with van der Waals surface area (Å²) < 4.78 is 17.9. The minimum absolute atomic E-state index is 0.109. The van der Waals surface area contributed by atoms with Crippen molar-refractivity contribution in [3.8, 4) is 0 Å². The molecule has 23 heavy (non-hydrogen) atoms. The fourth-order valence-electron chi connectivity index (χ4n) is 2.13. The Morgan fingerprint density at radius 3 is 2.61 bits per heavy atom. The first-order valence-electron chi connectivity index (χ1n) is 6.79. The van der Waals surface area contributed by atoms with Crippen LogP contribution in [0.3, 0.4) is 0 Å². The van der Waals surface area contributed by atoms with E-state index in [0.717, 1.165) is 0 Å². The van der Waals surface area contributed by atoms with Crippen LogP contribution in [0.4, 0.5) is 4.39 Å². The van der Waals surface area contributed by atoms with Crippen molar-refractivity contribution in [3.05, 3.63) is 80.9 Å². The maximum absolute atomic E-state index is 12.8. The van der Waals surface area contributed by atoms with Crippen molar-refractivity contribution in [1.29, 1.82) is 0 Å². The Morgan fingerprint density at radius 2 is 1.87 bits per heavy atom. The van der Waals surface area contributed by atoms with Gasteiger partial charge in [-0.15, -0.1) is 0 Å². The quantitative estimate of drug-likeness (QED) is 0.747. The number of hydrogen-bond acceptors (Lipinski definition) is 3. The molecule has 0 radical (unpaired) electrons. The summed E-state index contributed by atoms with van der Waals surface area (Å²) >= 11 is 5.89. The van der Waals surface area contributed by atoms with Gasteiger partial charge in [0.15, 0.2) is 0 Å². The lowest BCUT2D eigenvalue weighted by Gasteiger charge is -2.05. The minimum Gasteiger partial charge on any atom is -0.422 e. The molecule has 0 atom stereocenters. The first-order chi connectivity index (χ1) is 11.0. The van der Waals surface area contributed by atoms with Crippen LogP contribution in [0.1, 0.15) is 15.9 Å². The number of carbonyl (C=O) groups is 1. The SMILES string of the molecule is O=C(NCc1ccc(F)cc1)c1cc2cc(Cl)ccc2oc1=O. The Hall–Kier alpha value is -2.66. The molecule has 0 bridgehead atoms. The second-order valence-electron chi connectivity index (χ2n) is 4.94. The van der Waals surface area contributed by atoms with E-state index in [1.54, 1.807) is 30.3 Å². The molecule has 0 spiro atoms. The first-order valence-corrected chi connectivity index (χ1v) is 7.17. The van der Waals surface area contributed by atoms with Crippen molar-refractivity contribution < 1.29 is 13.6 Å². The number of hydrogen-bond donors (Lipinski definition) is 1. The smallest absolute Gasteiger partial charge is 0.349 e. The molecule has 6 heteroatoms. The summed E-state index contributed by atoms with van der Waals surface area (Å²) in [5.41, 5.74) is 0.237. The molecule has 1 amide bonds. The molecule has 4 nitrogen and oxygen atoms in total.